The molecular weight excluding hydrogens is 323 g/mol. The van der Waals surface area contributed by atoms with Crippen LogP contribution >= 0.6 is 44.2 Å². The highest BCUT2D eigenvalue weighted by atomic mass is 127. The summed E-state index contributed by atoms with van der Waals surface area (Å²) < 4.78 is -0.261. The van der Waals surface area contributed by atoms with Crippen molar-refractivity contribution in [1.82, 2.24) is 4.90 Å². The predicted octanol–water partition coefficient (Wildman–Crippen LogP) is 2.63. The van der Waals surface area contributed by atoms with E-state index < -0.39 is 4.87 Å². The first-order valence-electron chi connectivity index (χ1n) is 3.69. The fraction of sp³-hybridized carbons (Fsp3) is 0.714. The quantitative estimate of drug-likeness (QED) is 0.442. The fourth-order valence-electron chi connectivity index (χ4n) is 0.931. The second-order valence-corrected chi connectivity index (χ2v) is 7.44. The van der Waals surface area contributed by atoms with Gasteiger partial charge < -0.3 is 0 Å². The molecule has 1 aliphatic rings. The molecule has 6 heteroatoms. The van der Waals surface area contributed by atoms with E-state index in [4.69, 9.17) is 10.7 Å². The van der Waals surface area contributed by atoms with Crippen molar-refractivity contribution in [2.75, 3.05) is 0 Å². The summed E-state index contributed by atoms with van der Waals surface area (Å²) in [4.78, 5) is 16.6. The third kappa shape index (κ3) is 2.12. The molecule has 0 saturated heterocycles. The number of hydrogen-bond acceptors (Lipinski definition) is 3. The van der Waals surface area contributed by atoms with Gasteiger partial charge in [0, 0.05) is 0 Å². The van der Waals surface area contributed by atoms with Crippen LogP contribution in [0.4, 0.5) is 0 Å². The molecule has 0 aromatic carbocycles. The van der Waals surface area contributed by atoms with E-state index >= 15 is 0 Å². The number of hydrogen-bond donors (Lipinski definition) is 0. The Morgan fingerprint density at radius 1 is 1.77 bits per heavy atom. The zero-order valence-electron chi connectivity index (χ0n) is 7.54. The van der Waals surface area contributed by atoms with Gasteiger partial charge in [-0.05, 0) is 42.4 Å². The highest BCUT2D eigenvalue weighted by molar-refractivity contribution is 14.1. The molecule has 3 nitrogen and oxygen atoms in total. The van der Waals surface area contributed by atoms with Crippen LogP contribution in [0.3, 0.4) is 0 Å². The third-order valence-electron chi connectivity index (χ3n) is 1.76. The first-order chi connectivity index (χ1) is 5.81. The summed E-state index contributed by atoms with van der Waals surface area (Å²) in [5.41, 5.74) is 0. The van der Waals surface area contributed by atoms with Gasteiger partial charge in [-0.1, -0.05) is 22.6 Å². The SMILES string of the molecule is CC1(SCl)N=CN(C(C)(C)I)C1=O. The Morgan fingerprint density at radius 2 is 2.31 bits per heavy atom. The Bertz CT molecular complexity index is 266. The predicted molar refractivity (Wildman–Crippen MR) is 65.3 cm³/mol. The van der Waals surface area contributed by atoms with E-state index in [1.54, 1.807) is 18.2 Å². The summed E-state index contributed by atoms with van der Waals surface area (Å²) >= 11 is 2.19. The van der Waals surface area contributed by atoms with Gasteiger partial charge in [-0.2, -0.15) is 0 Å². The van der Waals surface area contributed by atoms with E-state index in [0.717, 1.165) is 11.0 Å². The van der Waals surface area contributed by atoms with Crippen molar-refractivity contribution < 1.29 is 4.79 Å². The minimum Gasteiger partial charge on any atom is -0.286 e. The summed E-state index contributed by atoms with van der Waals surface area (Å²) in [6, 6.07) is 0. The molecule has 1 unspecified atom stereocenters. The molecule has 0 aromatic rings. The van der Waals surface area contributed by atoms with Gasteiger partial charge in [-0.25, -0.2) is 4.99 Å². The zero-order valence-corrected chi connectivity index (χ0v) is 11.3. The molecule has 1 aliphatic heterocycles. The summed E-state index contributed by atoms with van der Waals surface area (Å²) in [6.07, 6.45) is 1.56. The summed E-state index contributed by atoms with van der Waals surface area (Å²) in [5.74, 6) is -0.0631. The Labute approximate surface area is 99.9 Å². The van der Waals surface area contributed by atoms with Gasteiger partial charge in [0.25, 0.3) is 5.91 Å². The Hall–Kier alpha value is 0.510. The number of nitrogens with zero attached hydrogens (tertiary/aromatic N) is 2. The Kier molecular flexibility index (Phi) is 3.19. The second-order valence-electron chi connectivity index (χ2n) is 3.39. The molecule has 0 aliphatic carbocycles. The van der Waals surface area contributed by atoms with E-state index in [1.807, 2.05) is 13.8 Å². The smallest absolute Gasteiger partial charge is 0.268 e. The van der Waals surface area contributed by atoms with Gasteiger partial charge in [0.1, 0.15) is 0 Å². The molecule has 1 rings (SSSR count). The largest absolute Gasteiger partial charge is 0.286 e. The molecule has 1 atom stereocenters. The van der Waals surface area contributed by atoms with E-state index in [9.17, 15) is 4.79 Å². The van der Waals surface area contributed by atoms with Crippen LogP contribution in [0.15, 0.2) is 4.99 Å². The Morgan fingerprint density at radius 3 is 2.54 bits per heavy atom. The zero-order chi connectivity index (χ0) is 10.3. The number of rotatable bonds is 2. The lowest BCUT2D eigenvalue weighted by Gasteiger charge is -2.29. The number of halogens is 2. The molecule has 0 bridgehead atoms. The molecular formula is C7H10ClIN2OS. The van der Waals surface area contributed by atoms with Crippen molar-refractivity contribution >= 4 is 56.5 Å². The molecule has 74 valence electrons. The van der Waals surface area contributed by atoms with Gasteiger partial charge in [-0.15, -0.1) is 0 Å². The lowest BCUT2D eigenvalue weighted by Crippen LogP contribution is -2.44. The maximum Gasteiger partial charge on any atom is 0.268 e. The van der Waals surface area contributed by atoms with Crippen molar-refractivity contribution in [1.29, 1.82) is 0 Å². The highest BCUT2D eigenvalue weighted by Gasteiger charge is 2.45. The maximum atomic E-state index is 11.8. The number of carbonyl (C=O) groups excluding carboxylic acids is 1. The van der Waals surface area contributed by atoms with Crippen molar-refractivity contribution in [3.05, 3.63) is 0 Å². The van der Waals surface area contributed by atoms with Crippen LogP contribution in [0.5, 0.6) is 0 Å². The van der Waals surface area contributed by atoms with Crippen LogP contribution in [0, 0.1) is 0 Å². The van der Waals surface area contributed by atoms with Gasteiger partial charge in [0.05, 0.1) is 9.88 Å². The first-order valence-corrected chi connectivity index (χ1v) is 6.41. The van der Waals surface area contributed by atoms with Crippen LogP contribution in [-0.4, -0.2) is 25.6 Å². The maximum absolute atomic E-state index is 11.8. The van der Waals surface area contributed by atoms with Crippen molar-refractivity contribution in [2.24, 2.45) is 4.99 Å². The molecule has 1 heterocycles. The molecule has 0 N–H and O–H groups in total. The van der Waals surface area contributed by atoms with Crippen LogP contribution in [-0.2, 0) is 4.79 Å². The molecule has 0 aromatic heterocycles. The summed E-state index contributed by atoms with van der Waals surface area (Å²) in [7, 11) is 6.55. The normalized spacial score (nSPS) is 28.7. The molecule has 13 heavy (non-hydrogen) atoms. The number of amides is 1. The van der Waals surface area contributed by atoms with Crippen molar-refractivity contribution in [3.8, 4) is 0 Å². The first kappa shape index (κ1) is 11.6. The van der Waals surface area contributed by atoms with Gasteiger partial charge in [0.15, 0.2) is 4.87 Å². The van der Waals surface area contributed by atoms with E-state index in [2.05, 4.69) is 27.6 Å². The molecule has 0 spiro atoms. The minimum absolute atomic E-state index is 0.0631. The topological polar surface area (TPSA) is 32.7 Å². The van der Waals surface area contributed by atoms with Crippen LogP contribution < -0.4 is 0 Å². The fourth-order valence-corrected chi connectivity index (χ4v) is 1.84. The van der Waals surface area contributed by atoms with Crippen LogP contribution in [0.25, 0.3) is 0 Å². The molecule has 0 fully saturated rings. The molecule has 0 saturated carbocycles. The van der Waals surface area contributed by atoms with Gasteiger partial charge >= 0.3 is 0 Å². The summed E-state index contributed by atoms with van der Waals surface area (Å²) in [6.45, 7) is 5.61. The van der Waals surface area contributed by atoms with E-state index in [0.29, 0.717) is 0 Å². The third-order valence-corrected chi connectivity index (χ3v) is 3.76. The van der Waals surface area contributed by atoms with Gasteiger partial charge in [-0.3, -0.25) is 9.69 Å². The van der Waals surface area contributed by atoms with E-state index in [1.165, 1.54) is 0 Å². The van der Waals surface area contributed by atoms with Crippen LogP contribution in [0.1, 0.15) is 20.8 Å². The standard InChI is InChI=1S/C7H10ClIN2OS/c1-6(2,9)11-4-10-7(3,13-8)5(11)12/h4H,1-3H3. The summed E-state index contributed by atoms with van der Waals surface area (Å²) in [5, 5.41) is 0. The number of alkyl halides is 1. The minimum atomic E-state index is -0.843. The lowest BCUT2D eigenvalue weighted by molar-refractivity contribution is -0.129. The highest BCUT2D eigenvalue weighted by Crippen LogP contribution is 2.38. The number of carbonyl (C=O) groups is 1. The molecule has 1 amide bonds. The van der Waals surface area contributed by atoms with E-state index in [-0.39, 0.29) is 9.45 Å². The lowest BCUT2D eigenvalue weighted by atomic mass is 10.3. The van der Waals surface area contributed by atoms with Crippen molar-refractivity contribution in [3.63, 3.8) is 0 Å². The average Bonchev–Trinajstić information content (AvgIpc) is 2.29. The van der Waals surface area contributed by atoms with Crippen molar-refractivity contribution in [2.45, 2.75) is 29.2 Å². The monoisotopic (exact) mass is 332 g/mol. The molecule has 0 radical (unpaired) electrons. The Balaban J connectivity index is 2.91. The number of aliphatic imine (C=N–C) groups is 1. The second kappa shape index (κ2) is 3.58. The average molecular weight is 333 g/mol. The van der Waals surface area contributed by atoms with Gasteiger partial charge in [0.2, 0.25) is 0 Å². The van der Waals surface area contributed by atoms with Crippen LogP contribution in [0.2, 0.25) is 0 Å².